The normalized spacial score (nSPS) is 28.6. The molecule has 126 valence electrons. The van der Waals surface area contributed by atoms with Crippen molar-refractivity contribution in [1.82, 2.24) is 0 Å². The fourth-order valence-corrected chi connectivity index (χ4v) is 4.12. The minimum atomic E-state index is -0.369. The molecule has 4 atom stereocenters. The molecule has 24 heavy (non-hydrogen) atoms. The van der Waals surface area contributed by atoms with E-state index in [-0.39, 0.29) is 36.6 Å². The van der Waals surface area contributed by atoms with Gasteiger partial charge in [0.25, 0.3) is 0 Å². The molecule has 0 aromatic heterocycles. The minimum Gasteiger partial charge on any atom is -0.394 e. The fourth-order valence-electron chi connectivity index (χ4n) is 3.91. The van der Waals surface area contributed by atoms with E-state index < -0.39 is 0 Å². The number of ether oxygens (including phenoxy) is 1. The van der Waals surface area contributed by atoms with E-state index in [4.69, 9.17) is 16.3 Å². The Labute approximate surface area is 145 Å². The van der Waals surface area contributed by atoms with Crippen LogP contribution in [0.3, 0.4) is 0 Å². The number of benzene rings is 2. The average Bonchev–Trinajstić information content (AvgIpc) is 2.61. The van der Waals surface area contributed by atoms with Gasteiger partial charge in [-0.1, -0.05) is 41.9 Å². The van der Waals surface area contributed by atoms with Crippen molar-refractivity contribution in [1.29, 1.82) is 0 Å². The molecule has 4 rings (SSSR count). The van der Waals surface area contributed by atoms with Crippen LogP contribution in [0.5, 0.6) is 0 Å². The lowest BCUT2D eigenvalue weighted by Gasteiger charge is -2.45. The molecule has 2 heterocycles. The first kappa shape index (κ1) is 15.9. The van der Waals surface area contributed by atoms with Crippen LogP contribution in [0, 0.1) is 11.7 Å². The number of hydrogen-bond acceptors (Lipinski definition) is 3. The van der Waals surface area contributed by atoms with Gasteiger partial charge in [-0.2, -0.15) is 0 Å². The van der Waals surface area contributed by atoms with Crippen molar-refractivity contribution in [3.8, 4) is 0 Å². The highest BCUT2D eigenvalue weighted by molar-refractivity contribution is 6.30. The molecular formula is C19H19ClFNO2. The summed E-state index contributed by atoms with van der Waals surface area (Å²) in [5.41, 5.74) is 2.31. The van der Waals surface area contributed by atoms with Crippen LogP contribution < -0.4 is 5.32 Å². The number of aliphatic hydroxyl groups excluding tert-OH is 1. The van der Waals surface area contributed by atoms with Crippen LogP contribution in [-0.2, 0) is 4.74 Å². The number of nitrogens with one attached hydrogen (secondary N) is 1. The standard InChI is InChI=1S/C19H19ClFNO2/c20-12-8-15-18(16(21)9-12)22-17(11-4-2-1-3-5-11)14-7-6-13(10-23)24-19(14)15/h1-5,8-9,13-14,17,19,22-23H,6-7,10H2/t13-,14+,17+,19+/m1/s1. The minimum absolute atomic E-state index is 0.0228. The van der Waals surface area contributed by atoms with Crippen molar-refractivity contribution < 1.29 is 14.2 Å². The molecule has 0 spiro atoms. The van der Waals surface area contributed by atoms with Gasteiger partial charge >= 0.3 is 0 Å². The van der Waals surface area contributed by atoms with Crippen LogP contribution in [0.25, 0.3) is 0 Å². The van der Waals surface area contributed by atoms with E-state index in [0.717, 1.165) is 24.0 Å². The van der Waals surface area contributed by atoms with E-state index in [1.165, 1.54) is 6.07 Å². The predicted molar refractivity (Wildman–Crippen MR) is 91.6 cm³/mol. The molecule has 5 heteroatoms. The lowest BCUT2D eigenvalue weighted by molar-refractivity contribution is -0.110. The Kier molecular flexibility index (Phi) is 4.21. The maximum Gasteiger partial charge on any atom is 0.148 e. The monoisotopic (exact) mass is 347 g/mol. The van der Waals surface area contributed by atoms with Crippen LogP contribution in [0.1, 0.15) is 36.1 Å². The van der Waals surface area contributed by atoms with Crippen molar-refractivity contribution in [3.63, 3.8) is 0 Å². The molecule has 0 bridgehead atoms. The summed E-state index contributed by atoms with van der Waals surface area (Å²) in [6.45, 7) is -0.0228. The molecule has 0 amide bonds. The Morgan fingerprint density at radius 3 is 2.75 bits per heavy atom. The Hall–Kier alpha value is -1.62. The smallest absolute Gasteiger partial charge is 0.148 e. The summed E-state index contributed by atoms with van der Waals surface area (Å²) in [6, 6.07) is 13.1. The van der Waals surface area contributed by atoms with E-state index in [0.29, 0.717) is 10.7 Å². The van der Waals surface area contributed by atoms with Gasteiger partial charge in [-0.05, 0) is 30.5 Å². The molecule has 1 saturated heterocycles. The number of anilines is 1. The second-order valence-electron chi connectivity index (χ2n) is 6.49. The lowest BCUT2D eigenvalue weighted by atomic mass is 9.76. The van der Waals surface area contributed by atoms with Gasteiger partial charge in [0.05, 0.1) is 30.5 Å². The van der Waals surface area contributed by atoms with Crippen molar-refractivity contribution in [2.45, 2.75) is 31.1 Å². The molecule has 2 aliphatic rings. The van der Waals surface area contributed by atoms with Crippen molar-refractivity contribution in [2.75, 3.05) is 11.9 Å². The van der Waals surface area contributed by atoms with Gasteiger partial charge in [-0.25, -0.2) is 4.39 Å². The lowest BCUT2D eigenvalue weighted by Crippen LogP contribution is -2.40. The molecule has 2 aromatic carbocycles. The number of hydrogen-bond donors (Lipinski definition) is 2. The van der Waals surface area contributed by atoms with Gasteiger partial charge in [0.15, 0.2) is 0 Å². The molecule has 0 aliphatic carbocycles. The topological polar surface area (TPSA) is 41.5 Å². The van der Waals surface area contributed by atoms with E-state index in [1.807, 2.05) is 30.3 Å². The summed E-state index contributed by atoms with van der Waals surface area (Å²) in [6.07, 6.45) is 1.21. The molecule has 0 saturated carbocycles. The predicted octanol–water partition coefficient (Wildman–Crippen LogP) is 4.47. The summed E-state index contributed by atoms with van der Waals surface area (Å²) in [7, 11) is 0. The summed E-state index contributed by atoms with van der Waals surface area (Å²) >= 11 is 6.06. The third-order valence-corrected chi connectivity index (χ3v) is 5.25. The Morgan fingerprint density at radius 2 is 2.00 bits per heavy atom. The number of halogens is 2. The fraction of sp³-hybridized carbons (Fsp3) is 0.368. The first-order valence-corrected chi connectivity index (χ1v) is 8.62. The van der Waals surface area contributed by atoms with Gasteiger partial charge in [0.1, 0.15) is 5.82 Å². The van der Waals surface area contributed by atoms with E-state index in [2.05, 4.69) is 5.32 Å². The van der Waals surface area contributed by atoms with Gasteiger partial charge in [0, 0.05) is 16.5 Å². The highest BCUT2D eigenvalue weighted by Crippen LogP contribution is 2.51. The summed E-state index contributed by atoms with van der Waals surface area (Å²) in [5.74, 6) is -0.202. The van der Waals surface area contributed by atoms with Crippen LogP contribution in [0.15, 0.2) is 42.5 Å². The largest absolute Gasteiger partial charge is 0.394 e. The molecule has 2 aromatic rings. The number of fused-ring (bicyclic) bond motifs is 3. The SMILES string of the molecule is OC[C@H]1CC[C@@H]2[C@H](O1)c1cc(Cl)cc(F)c1N[C@H]2c1ccccc1. The van der Waals surface area contributed by atoms with E-state index in [9.17, 15) is 9.50 Å². The Bertz CT molecular complexity index is 740. The molecule has 0 unspecified atom stereocenters. The summed E-state index contributed by atoms with van der Waals surface area (Å²) in [5, 5.41) is 13.2. The van der Waals surface area contributed by atoms with Gasteiger partial charge < -0.3 is 15.2 Å². The molecule has 1 fully saturated rings. The van der Waals surface area contributed by atoms with Gasteiger partial charge in [0.2, 0.25) is 0 Å². The quantitative estimate of drug-likeness (QED) is 0.842. The molecular weight excluding hydrogens is 329 g/mol. The highest BCUT2D eigenvalue weighted by Gasteiger charge is 2.43. The third-order valence-electron chi connectivity index (χ3n) is 5.03. The molecule has 3 nitrogen and oxygen atoms in total. The maximum absolute atomic E-state index is 14.5. The number of rotatable bonds is 2. The zero-order valence-electron chi connectivity index (χ0n) is 13.1. The van der Waals surface area contributed by atoms with Crippen molar-refractivity contribution in [3.05, 3.63) is 64.4 Å². The zero-order chi connectivity index (χ0) is 16.7. The second-order valence-corrected chi connectivity index (χ2v) is 6.92. The maximum atomic E-state index is 14.5. The third kappa shape index (κ3) is 2.69. The van der Waals surface area contributed by atoms with Crippen LogP contribution >= 0.6 is 11.6 Å². The van der Waals surface area contributed by atoms with Gasteiger partial charge in [-0.15, -0.1) is 0 Å². The zero-order valence-corrected chi connectivity index (χ0v) is 13.8. The van der Waals surface area contributed by atoms with Crippen molar-refractivity contribution in [2.24, 2.45) is 5.92 Å². The summed E-state index contributed by atoms with van der Waals surface area (Å²) < 4.78 is 20.6. The molecule has 0 radical (unpaired) electrons. The van der Waals surface area contributed by atoms with Crippen LogP contribution in [0.4, 0.5) is 10.1 Å². The Balaban J connectivity index is 1.80. The van der Waals surface area contributed by atoms with Crippen LogP contribution in [0.2, 0.25) is 5.02 Å². The first-order chi connectivity index (χ1) is 11.7. The Morgan fingerprint density at radius 1 is 1.21 bits per heavy atom. The second kappa shape index (κ2) is 6.36. The molecule has 2 N–H and O–H groups in total. The van der Waals surface area contributed by atoms with Crippen molar-refractivity contribution >= 4 is 17.3 Å². The first-order valence-electron chi connectivity index (χ1n) is 8.24. The van der Waals surface area contributed by atoms with E-state index >= 15 is 0 Å². The van der Waals surface area contributed by atoms with Gasteiger partial charge in [-0.3, -0.25) is 0 Å². The molecule has 2 aliphatic heterocycles. The number of aliphatic hydroxyl groups is 1. The van der Waals surface area contributed by atoms with E-state index in [1.54, 1.807) is 6.07 Å². The summed E-state index contributed by atoms with van der Waals surface area (Å²) in [4.78, 5) is 0. The highest BCUT2D eigenvalue weighted by atomic mass is 35.5. The average molecular weight is 348 g/mol. The van der Waals surface area contributed by atoms with Crippen LogP contribution in [-0.4, -0.2) is 17.8 Å².